The summed E-state index contributed by atoms with van der Waals surface area (Å²) in [4.78, 5) is 40.1. The SMILES string of the molecule is CCCCC/C=C\C/C=C\C/C=C\C/C=C\CCCCCCCCCC(=O)NC(COP(=O)([O-])OCC[N+](C)(C)C)C(/C=C/CCCCCCCCCCC)OC(=O)CCCCCCCCCCCCCCCCCCCCC. The Labute approximate surface area is 490 Å². The van der Waals surface area contributed by atoms with Gasteiger partial charge in [-0.15, -0.1) is 0 Å². The number of phosphoric ester groups is 1. The summed E-state index contributed by atoms with van der Waals surface area (Å²) in [5.41, 5.74) is 0. The number of likely N-dealkylation sites (N-methyl/N-ethyl adjacent to an activating group) is 1. The zero-order valence-corrected chi connectivity index (χ0v) is 53.7. The monoisotopic (exact) mass is 1130 g/mol. The van der Waals surface area contributed by atoms with Crippen LogP contribution in [0.2, 0.25) is 0 Å². The number of quaternary nitrogens is 1. The van der Waals surface area contributed by atoms with E-state index < -0.39 is 26.6 Å². The maximum atomic E-state index is 13.6. The van der Waals surface area contributed by atoms with Crippen molar-refractivity contribution in [3.63, 3.8) is 0 Å². The first-order chi connectivity index (χ1) is 38.4. The van der Waals surface area contributed by atoms with E-state index in [9.17, 15) is 19.0 Å². The first kappa shape index (κ1) is 76.7. The Bertz CT molecular complexity index is 1540. The minimum atomic E-state index is -4.70. The van der Waals surface area contributed by atoms with Gasteiger partial charge in [-0.05, 0) is 76.7 Å². The lowest BCUT2D eigenvalue weighted by Gasteiger charge is -2.30. The van der Waals surface area contributed by atoms with E-state index >= 15 is 0 Å². The van der Waals surface area contributed by atoms with Gasteiger partial charge in [-0.25, -0.2) is 0 Å². The van der Waals surface area contributed by atoms with Crippen molar-refractivity contribution in [1.82, 2.24) is 5.32 Å². The van der Waals surface area contributed by atoms with Crippen molar-refractivity contribution in [2.45, 2.75) is 328 Å². The molecule has 0 aliphatic rings. The van der Waals surface area contributed by atoms with Crippen molar-refractivity contribution in [2.75, 3.05) is 40.9 Å². The number of allylic oxidation sites excluding steroid dienone is 9. The smallest absolute Gasteiger partial charge is 0.306 e. The van der Waals surface area contributed by atoms with Crippen LogP contribution in [0.15, 0.2) is 60.8 Å². The molecule has 0 aromatic carbocycles. The first-order valence-electron chi connectivity index (χ1n) is 33.6. The average Bonchev–Trinajstić information content (AvgIpc) is 3.41. The van der Waals surface area contributed by atoms with Crippen LogP contribution in [0, 0.1) is 0 Å². The summed E-state index contributed by atoms with van der Waals surface area (Å²) in [6.07, 6.45) is 74.8. The second kappa shape index (κ2) is 58.9. The molecule has 0 saturated heterocycles. The molecule has 0 fully saturated rings. The molecule has 0 aromatic heterocycles. The van der Waals surface area contributed by atoms with E-state index in [0.29, 0.717) is 17.4 Å². The fourth-order valence-corrected chi connectivity index (χ4v) is 10.5. The summed E-state index contributed by atoms with van der Waals surface area (Å²) in [6.45, 7) is 6.84. The molecule has 0 saturated carbocycles. The highest BCUT2D eigenvalue weighted by atomic mass is 31.2. The summed E-state index contributed by atoms with van der Waals surface area (Å²) < 4.78 is 30.4. The van der Waals surface area contributed by atoms with E-state index in [1.54, 1.807) is 0 Å². The standard InChI is InChI=1S/C69H129N2O7P/c1-7-10-13-16-19-22-25-27-29-31-33-34-35-36-38-39-41-43-46-49-52-55-58-61-68(72)70-66(65-77-79(74,75)76-64-63-71(4,5)6)67(60-57-54-51-48-45-24-21-18-15-12-9-3)78-69(73)62-59-56-53-50-47-44-42-40-37-32-30-28-26-23-20-17-14-11-8-2/h19,22,27,29,33-34,36,38,57,60,66-67H,7-18,20-21,23-26,28,30-32,35,37,39-56,58-59,61-65H2,1-6H3,(H-,70,72,74,75)/b22-19-,29-27-,34-33-,38-36-,60-57+. The van der Waals surface area contributed by atoms with Gasteiger partial charge in [0, 0.05) is 12.8 Å². The lowest BCUT2D eigenvalue weighted by molar-refractivity contribution is -0.870. The molecule has 0 spiro atoms. The van der Waals surface area contributed by atoms with Crippen molar-refractivity contribution in [1.29, 1.82) is 0 Å². The van der Waals surface area contributed by atoms with Gasteiger partial charge >= 0.3 is 5.97 Å². The second-order valence-corrected chi connectivity index (χ2v) is 25.4. The van der Waals surface area contributed by atoms with Crippen LogP contribution in [-0.4, -0.2) is 69.4 Å². The third-order valence-electron chi connectivity index (χ3n) is 15.0. The summed E-state index contributed by atoms with van der Waals surface area (Å²) in [6, 6.07) is -0.894. The van der Waals surface area contributed by atoms with Gasteiger partial charge in [0.25, 0.3) is 7.82 Å². The van der Waals surface area contributed by atoms with Crippen LogP contribution in [-0.2, 0) is 27.9 Å². The van der Waals surface area contributed by atoms with Crippen LogP contribution in [0.25, 0.3) is 0 Å². The molecule has 3 unspecified atom stereocenters. The molecule has 3 atom stereocenters. The minimum absolute atomic E-state index is 0.0246. The van der Waals surface area contributed by atoms with Crippen LogP contribution < -0.4 is 10.2 Å². The van der Waals surface area contributed by atoms with Crippen molar-refractivity contribution in [3.05, 3.63) is 60.8 Å². The predicted molar refractivity (Wildman–Crippen MR) is 339 cm³/mol. The number of rotatable bonds is 61. The van der Waals surface area contributed by atoms with Crippen LogP contribution in [0.3, 0.4) is 0 Å². The maximum absolute atomic E-state index is 13.6. The highest BCUT2D eigenvalue weighted by Gasteiger charge is 2.27. The van der Waals surface area contributed by atoms with E-state index in [2.05, 4.69) is 74.7 Å². The quantitative estimate of drug-likeness (QED) is 0.0212. The topological polar surface area (TPSA) is 114 Å². The number of hydrogen-bond acceptors (Lipinski definition) is 7. The van der Waals surface area contributed by atoms with Crippen LogP contribution in [0.1, 0.15) is 316 Å². The molecular formula is C69H129N2O7P. The summed E-state index contributed by atoms with van der Waals surface area (Å²) >= 11 is 0. The van der Waals surface area contributed by atoms with Crippen molar-refractivity contribution in [2.24, 2.45) is 0 Å². The number of nitrogens with zero attached hydrogens (tertiary/aromatic N) is 1. The largest absolute Gasteiger partial charge is 0.756 e. The normalized spacial score (nSPS) is 14.0. The molecule has 0 heterocycles. The fraction of sp³-hybridized carbons (Fsp3) is 0.826. The molecular weight excluding hydrogens is 1000 g/mol. The van der Waals surface area contributed by atoms with E-state index in [0.717, 1.165) is 89.9 Å². The fourth-order valence-electron chi connectivity index (χ4n) is 9.74. The van der Waals surface area contributed by atoms with E-state index in [1.807, 2.05) is 33.3 Å². The number of carbonyl (C=O) groups excluding carboxylic acids is 2. The third kappa shape index (κ3) is 60.1. The Hall–Kier alpha value is -2.29. The molecule has 9 nitrogen and oxygen atoms in total. The molecule has 0 bridgehead atoms. The Morgan fingerprint density at radius 1 is 0.443 bits per heavy atom. The number of phosphoric acid groups is 1. The lowest BCUT2D eigenvalue weighted by Crippen LogP contribution is -2.47. The number of hydrogen-bond donors (Lipinski definition) is 1. The lowest BCUT2D eigenvalue weighted by atomic mass is 10.0. The van der Waals surface area contributed by atoms with Gasteiger partial charge in [0.05, 0.1) is 33.8 Å². The van der Waals surface area contributed by atoms with Crippen molar-refractivity contribution < 1.29 is 37.3 Å². The highest BCUT2D eigenvalue weighted by molar-refractivity contribution is 7.45. The zero-order valence-electron chi connectivity index (χ0n) is 52.8. The molecule has 0 aliphatic heterocycles. The number of amides is 1. The van der Waals surface area contributed by atoms with Gasteiger partial charge in [-0.3, -0.25) is 14.2 Å². The van der Waals surface area contributed by atoms with Gasteiger partial charge in [0.2, 0.25) is 5.91 Å². The van der Waals surface area contributed by atoms with E-state index in [4.69, 9.17) is 13.8 Å². The summed E-state index contributed by atoms with van der Waals surface area (Å²) in [7, 11) is 1.18. The van der Waals surface area contributed by atoms with Crippen LogP contribution >= 0.6 is 7.82 Å². The highest BCUT2D eigenvalue weighted by Crippen LogP contribution is 2.38. The first-order valence-corrected chi connectivity index (χ1v) is 35.1. The van der Waals surface area contributed by atoms with Gasteiger partial charge in [0.15, 0.2) is 0 Å². The average molecular weight is 1130 g/mol. The minimum Gasteiger partial charge on any atom is -0.756 e. The van der Waals surface area contributed by atoms with Crippen LogP contribution in [0.5, 0.6) is 0 Å². The molecule has 1 amide bonds. The second-order valence-electron chi connectivity index (χ2n) is 24.0. The number of nitrogens with one attached hydrogen (secondary N) is 1. The number of ether oxygens (including phenoxy) is 1. The van der Waals surface area contributed by atoms with Gasteiger partial charge in [-0.1, -0.05) is 287 Å². The predicted octanol–water partition coefficient (Wildman–Crippen LogP) is 20.4. The van der Waals surface area contributed by atoms with E-state index in [1.165, 1.54) is 193 Å². The third-order valence-corrected chi connectivity index (χ3v) is 15.9. The maximum Gasteiger partial charge on any atom is 0.306 e. The number of esters is 1. The number of carbonyl (C=O) groups is 2. The molecule has 0 radical (unpaired) electrons. The van der Waals surface area contributed by atoms with Gasteiger partial charge in [-0.2, -0.15) is 0 Å². The molecule has 462 valence electrons. The Balaban J connectivity index is 5.13. The Morgan fingerprint density at radius 2 is 0.772 bits per heavy atom. The van der Waals surface area contributed by atoms with Crippen LogP contribution in [0.4, 0.5) is 0 Å². The van der Waals surface area contributed by atoms with Gasteiger partial charge in [0.1, 0.15) is 19.3 Å². The number of unbranched alkanes of at least 4 members (excludes halogenated alkanes) is 37. The molecule has 0 rings (SSSR count). The zero-order chi connectivity index (χ0) is 57.9. The summed E-state index contributed by atoms with van der Waals surface area (Å²) in [5.74, 6) is -0.542. The Morgan fingerprint density at radius 3 is 1.18 bits per heavy atom. The molecule has 0 aromatic rings. The van der Waals surface area contributed by atoms with E-state index in [-0.39, 0.29) is 24.9 Å². The molecule has 0 aliphatic carbocycles. The Kier molecular flexibility index (Phi) is 57.2. The molecule has 10 heteroatoms. The molecule has 1 N–H and O–H groups in total. The van der Waals surface area contributed by atoms with Gasteiger partial charge < -0.3 is 28.5 Å². The summed E-state index contributed by atoms with van der Waals surface area (Å²) in [5, 5.41) is 3.03. The van der Waals surface area contributed by atoms with Crippen molar-refractivity contribution in [3.8, 4) is 0 Å². The molecule has 79 heavy (non-hydrogen) atoms. The van der Waals surface area contributed by atoms with Crippen molar-refractivity contribution >= 4 is 19.7 Å².